The van der Waals surface area contributed by atoms with Gasteiger partial charge in [0.1, 0.15) is 11.3 Å². The third kappa shape index (κ3) is 3.76. The van der Waals surface area contributed by atoms with Gasteiger partial charge in [0.15, 0.2) is 0 Å². The maximum absolute atomic E-state index is 6.30. The number of anilines is 3. The van der Waals surface area contributed by atoms with Crippen LogP contribution in [0.15, 0.2) is 48.5 Å². The van der Waals surface area contributed by atoms with Crippen molar-refractivity contribution in [3.63, 3.8) is 0 Å². The van der Waals surface area contributed by atoms with E-state index in [1.807, 2.05) is 54.9 Å². The van der Waals surface area contributed by atoms with Crippen LogP contribution >= 0.6 is 23.2 Å². The van der Waals surface area contributed by atoms with Crippen molar-refractivity contribution in [2.75, 3.05) is 17.7 Å². The van der Waals surface area contributed by atoms with E-state index < -0.39 is 0 Å². The van der Waals surface area contributed by atoms with Crippen LogP contribution in [0.3, 0.4) is 0 Å². The van der Waals surface area contributed by atoms with E-state index in [0.29, 0.717) is 21.7 Å². The zero-order chi connectivity index (χ0) is 23.2. The second-order valence-electron chi connectivity index (χ2n) is 8.10. The Morgan fingerprint density at radius 3 is 2.34 bits per heavy atom. The Hall–Kier alpha value is -2.89. The molecule has 0 unspecified atom stereocenters. The minimum Gasteiger partial charge on any atom is -0.496 e. The predicted molar refractivity (Wildman–Crippen MR) is 136 cm³/mol. The summed E-state index contributed by atoms with van der Waals surface area (Å²) in [4.78, 5) is 7.00. The molecule has 0 amide bonds. The molecule has 0 saturated heterocycles. The summed E-state index contributed by atoms with van der Waals surface area (Å²) in [7, 11) is 3.58. The van der Waals surface area contributed by atoms with Crippen LogP contribution in [0.4, 0.5) is 17.3 Å². The summed E-state index contributed by atoms with van der Waals surface area (Å²) in [5.41, 5.74) is 13.0. The van der Waals surface area contributed by atoms with Crippen molar-refractivity contribution >= 4 is 51.6 Å². The summed E-state index contributed by atoms with van der Waals surface area (Å²) in [6.45, 7) is 6.32. The molecule has 0 aliphatic heterocycles. The topological polar surface area (TPSA) is 56.3 Å². The summed E-state index contributed by atoms with van der Waals surface area (Å²) < 4.78 is 7.60. The van der Waals surface area contributed by atoms with Gasteiger partial charge in [-0.25, -0.2) is 4.98 Å². The zero-order valence-corrected chi connectivity index (χ0v) is 20.3. The number of benzene rings is 3. The van der Waals surface area contributed by atoms with Crippen LogP contribution in [0, 0.1) is 6.92 Å². The van der Waals surface area contributed by atoms with Crippen LogP contribution in [-0.4, -0.2) is 22.7 Å². The third-order valence-electron chi connectivity index (χ3n) is 5.67. The molecule has 0 spiro atoms. The molecule has 0 aliphatic rings. The maximum Gasteiger partial charge on any atom is 0.201 e. The summed E-state index contributed by atoms with van der Waals surface area (Å²) in [6, 6.07) is 16.0. The van der Waals surface area contributed by atoms with Gasteiger partial charge < -0.3 is 19.9 Å². The first-order valence-corrected chi connectivity index (χ1v) is 11.1. The van der Waals surface area contributed by atoms with Crippen LogP contribution in [0.5, 0.6) is 5.75 Å². The largest absolute Gasteiger partial charge is 0.496 e. The number of fused-ring (bicyclic) bond motifs is 1. The molecule has 3 aromatic carbocycles. The summed E-state index contributed by atoms with van der Waals surface area (Å²) in [5.74, 6) is 1.14. The SMILES string of the molecule is COc1cc(Cl)cc(C)c1-c1ccc(N(c2ccc(Cl)cc2)C(C)C)c2c1nc(N)n2C. The van der Waals surface area contributed by atoms with Gasteiger partial charge in [0.2, 0.25) is 5.95 Å². The number of imidazole rings is 1. The number of ether oxygens (including phenoxy) is 1. The molecule has 7 heteroatoms. The highest BCUT2D eigenvalue weighted by molar-refractivity contribution is 6.31. The fourth-order valence-corrected chi connectivity index (χ4v) is 4.64. The van der Waals surface area contributed by atoms with E-state index in [9.17, 15) is 0 Å². The molecule has 4 rings (SSSR count). The number of aromatic nitrogens is 2. The monoisotopic (exact) mass is 468 g/mol. The molecule has 0 saturated carbocycles. The number of nitrogens with zero attached hydrogens (tertiary/aromatic N) is 3. The van der Waals surface area contributed by atoms with Crippen LogP contribution in [0.2, 0.25) is 10.0 Å². The first kappa shape index (κ1) is 22.3. The number of methoxy groups -OCH3 is 1. The Morgan fingerprint density at radius 2 is 1.72 bits per heavy atom. The second kappa shape index (κ2) is 8.57. The highest BCUT2D eigenvalue weighted by Crippen LogP contribution is 2.43. The molecule has 0 aliphatic carbocycles. The van der Waals surface area contributed by atoms with E-state index in [0.717, 1.165) is 39.1 Å². The summed E-state index contributed by atoms with van der Waals surface area (Å²) in [5, 5.41) is 1.33. The van der Waals surface area contributed by atoms with Crippen LogP contribution < -0.4 is 15.4 Å². The van der Waals surface area contributed by atoms with Gasteiger partial charge in [-0.15, -0.1) is 0 Å². The molecule has 166 valence electrons. The average molecular weight is 469 g/mol. The number of nitrogens with two attached hydrogens (primary N) is 1. The minimum absolute atomic E-state index is 0.188. The van der Waals surface area contributed by atoms with E-state index in [-0.39, 0.29) is 6.04 Å². The normalized spacial score (nSPS) is 11.4. The highest BCUT2D eigenvalue weighted by Gasteiger charge is 2.23. The lowest BCUT2D eigenvalue weighted by Gasteiger charge is -2.30. The molecule has 1 heterocycles. The molecule has 5 nitrogen and oxygen atoms in total. The molecular formula is C25H26Cl2N4O. The van der Waals surface area contributed by atoms with Crippen molar-refractivity contribution < 1.29 is 4.74 Å². The lowest BCUT2D eigenvalue weighted by molar-refractivity contribution is 0.416. The fraction of sp³-hybridized carbons (Fsp3) is 0.240. The van der Waals surface area contributed by atoms with Gasteiger partial charge in [-0.1, -0.05) is 23.2 Å². The average Bonchev–Trinajstić information content (AvgIpc) is 3.04. The molecular weight excluding hydrogens is 443 g/mol. The number of nitrogen functional groups attached to an aromatic ring is 1. The standard InChI is InChI=1S/C25H26Cl2N4O/c1-14(2)31(18-8-6-16(26)7-9-18)20-11-10-19(23-24(20)30(4)25(28)29-23)22-15(3)12-17(27)13-21(22)32-5/h6-14H,1-5H3,(H2,28,29). The Bertz CT molecular complexity index is 1300. The number of hydrogen-bond acceptors (Lipinski definition) is 4. The van der Waals surface area contributed by atoms with Crippen molar-refractivity contribution in [2.24, 2.45) is 7.05 Å². The number of halogens is 2. The van der Waals surface area contributed by atoms with Crippen molar-refractivity contribution in [3.05, 3.63) is 64.1 Å². The van der Waals surface area contributed by atoms with Crippen molar-refractivity contribution in [2.45, 2.75) is 26.8 Å². The molecule has 32 heavy (non-hydrogen) atoms. The third-order valence-corrected chi connectivity index (χ3v) is 6.14. The minimum atomic E-state index is 0.188. The number of hydrogen-bond donors (Lipinski definition) is 1. The Morgan fingerprint density at radius 1 is 1.03 bits per heavy atom. The van der Waals surface area contributed by atoms with Gasteiger partial charge in [0.25, 0.3) is 0 Å². The molecule has 2 N–H and O–H groups in total. The van der Waals surface area contributed by atoms with Gasteiger partial charge in [-0.3, -0.25) is 0 Å². The molecule has 1 aromatic heterocycles. The van der Waals surface area contributed by atoms with Crippen molar-refractivity contribution in [1.29, 1.82) is 0 Å². The maximum atomic E-state index is 6.30. The first-order valence-electron chi connectivity index (χ1n) is 10.4. The Kier molecular flexibility index (Phi) is 5.97. The van der Waals surface area contributed by atoms with Gasteiger partial charge in [0.05, 0.1) is 18.3 Å². The highest BCUT2D eigenvalue weighted by atomic mass is 35.5. The van der Waals surface area contributed by atoms with E-state index in [1.165, 1.54) is 0 Å². The van der Waals surface area contributed by atoms with Crippen LogP contribution in [0.1, 0.15) is 19.4 Å². The summed E-state index contributed by atoms with van der Waals surface area (Å²) in [6.07, 6.45) is 0. The second-order valence-corrected chi connectivity index (χ2v) is 8.97. The Balaban J connectivity index is 2.02. The molecule has 0 fully saturated rings. The molecule has 0 atom stereocenters. The Labute approximate surface area is 198 Å². The van der Waals surface area contributed by atoms with Crippen LogP contribution in [-0.2, 0) is 7.05 Å². The van der Waals surface area contributed by atoms with Gasteiger partial charge in [0, 0.05) is 39.9 Å². The lowest BCUT2D eigenvalue weighted by atomic mass is 9.97. The smallest absolute Gasteiger partial charge is 0.201 e. The first-order chi connectivity index (χ1) is 15.2. The molecule has 0 bridgehead atoms. The van der Waals surface area contributed by atoms with Crippen LogP contribution in [0.25, 0.3) is 22.2 Å². The van der Waals surface area contributed by atoms with Gasteiger partial charge >= 0.3 is 0 Å². The number of rotatable bonds is 5. The molecule has 0 radical (unpaired) electrons. The van der Waals surface area contributed by atoms with E-state index in [4.69, 9.17) is 38.7 Å². The fourth-order valence-electron chi connectivity index (χ4n) is 4.25. The van der Waals surface area contributed by atoms with E-state index in [1.54, 1.807) is 7.11 Å². The van der Waals surface area contributed by atoms with Gasteiger partial charge in [-0.2, -0.15) is 0 Å². The summed E-state index contributed by atoms with van der Waals surface area (Å²) >= 11 is 12.4. The van der Waals surface area contributed by atoms with E-state index >= 15 is 0 Å². The number of aryl methyl sites for hydroxylation is 2. The zero-order valence-electron chi connectivity index (χ0n) is 18.8. The van der Waals surface area contributed by atoms with Crippen molar-refractivity contribution in [1.82, 2.24) is 9.55 Å². The lowest BCUT2D eigenvalue weighted by Crippen LogP contribution is -2.26. The van der Waals surface area contributed by atoms with Gasteiger partial charge in [-0.05, 0) is 74.9 Å². The quantitative estimate of drug-likeness (QED) is 0.342. The van der Waals surface area contributed by atoms with E-state index in [2.05, 4.69) is 30.9 Å². The predicted octanol–water partition coefficient (Wildman–Crippen LogP) is 6.99. The van der Waals surface area contributed by atoms with Crippen molar-refractivity contribution in [3.8, 4) is 16.9 Å². The molecule has 4 aromatic rings.